The average molecular weight is 512 g/mol. The van der Waals surface area contributed by atoms with Gasteiger partial charge in [0.05, 0.1) is 23.7 Å². The van der Waals surface area contributed by atoms with Crippen LogP contribution < -0.4 is 9.80 Å². The lowest BCUT2D eigenvalue weighted by Gasteiger charge is -2.37. The molecule has 0 spiro atoms. The van der Waals surface area contributed by atoms with E-state index in [1.807, 2.05) is 0 Å². The number of benzene rings is 2. The van der Waals surface area contributed by atoms with Crippen molar-refractivity contribution in [2.45, 2.75) is 12.7 Å². The maximum absolute atomic E-state index is 13.2. The molecule has 0 bridgehead atoms. The molecule has 9 nitrogen and oxygen atoms in total. The summed E-state index contributed by atoms with van der Waals surface area (Å²) in [6, 6.07) is 8.11. The molecule has 2 fully saturated rings. The van der Waals surface area contributed by atoms with Crippen molar-refractivity contribution in [2.24, 2.45) is 5.92 Å². The number of aliphatic carboxylic acids is 1. The standard InChI is InChI=1S/C22H17ClF3N3O6/c23-17-12(2-1-3-16(17)22(24,25)26)10-29-18(30)15(19(31)32)11-28(20(29)33)14-6-4-13(5-7-14)27-8-9-35-21(27)34/h1-7,15H,8-11H2,(H,31,32). The largest absolute Gasteiger partial charge is 0.481 e. The number of carbonyl (C=O) groups is 4. The first kappa shape index (κ1) is 24.3. The molecule has 0 saturated carbocycles. The number of imide groups is 1. The van der Waals surface area contributed by atoms with Crippen LogP contribution in [0.2, 0.25) is 5.02 Å². The Bertz CT molecular complexity index is 1200. The molecule has 2 aromatic rings. The van der Waals surface area contributed by atoms with Crippen LogP contribution in [0, 0.1) is 5.92 Å². The minimum Gasteiger partial charge on any atom is -0.481 e. The van der Waals surface area contributed by atoms with Gasteiger partial charge in [-0.3, -0.25) is 24.3 Å². The summed E-state index contributed by atoms with van der Waals surface area (Å²) in [5, 5.41) is 8.86. The molecule has 2 saturated heterocycles. The van der Waals surface area contributed by atoms with Crippen LogP contribution in [0.1, 0.15) is 11.1 Å². The number of carboxylic acid groups (broad SMARTS) is 1. The molecule has 2 heterocycles. The first-order chi connectivity index (χ1) is 16.5. The maximum atomic E-state index is 13.2. The second-order valence-corrected chi connectivity index (χ2v) is 8.15. The van der Waals surface area contributed by atoms with Crippen LogP contribution >= 0.6 is 11.6 Å². The molecule has 184 valence electrons. The van der Waals surface area contributed by atoms with E-state index >= 15 is 0 Å². The zero-order valence-electron chi connectivity index (χ0n) is 17.8. The minimum absolute atomic E-state index is 0.169. The van der Waals surface area contributed by atoms with Crippen molar-refractivity contribution in [3.63, 3.8) is 0 Å². The van der Waals surface area contributed by atoms with Gasteiger partial charge in [0, 0.05) is 17.9 Å². The summed E-state index contributed by atoms with van der Waals surface area (Å²) in [6.07, 6.45) is -5.30. The molecule has 4 rings (SSSR count). The molecule has 1 unspecified atom stereocenters. The highest BCUT2D eigenvalue weighted by Crippen LogP contribution is 2.37. The van der Waals surface area contributed by atoms with Crippen LogP contribution in [0.3, 0.4) is 0 Å². The minimum atomic E-state index is -4.76. The Morgan fingerprint density at radius 2 is 1.69 bits per heavy atom. The Balaban J connectivity index is 1.65. The van der Waals surface area contributed by atoms with Gasteiger partial charge in [-0.2, -0.15) is 13.2 Å². The lowest BCUT2D eigenvalue weighted by Crippen LogP contribution is -2.58. The van der Waals surface area contributed by atoms with E-state index in [1.165, 1.54) is 35.2 Å². The number of nitrogens with zero attached hydrogens (tertiary/aromatic N) is 3. The van der Waals surface area contributed by atoms with Crippen molar-refractivity contribution in [1.29, 1.82) is 0 Å². The molecule has 0 aromatic heterocycles. The molecule has 0 aliphatic carbocycles. The maximum Gasteiger partial charge on any atom is 0.417 e. The molecule has 2 aliphatic rings. The smallest absolute Gasteiger partial charge is 0.417 e. The van der Waals surface area contributed by atoms with Crippen LogP contribution in [0.4, 0.5) is 34.1 Å². The third kappa shape index (κ3) is 4.61. The molecule has 0 radical (unpaired) electrons. The molecule has 2 aromatic carbocycles. The zero-order valence-corrected chi connectivity index (χ0v) is 18.5. The van der Waals surface area contributed by atoms with Gasteiger partial charge >= 0.3 is 24.3 Å². The first-order valence-corrected chi connectivity index (χ1v) is 10.6. The van der Waals surface area contributed by atoms with Crippen molar-refractivity contribution in [3.8, 4) is 0 Å². The lowest BCUT2D eigenvalue weighted by atomic mass is 10.0. The van der Waals surface area contributed by atoms with Crippen LogP contribution in [-0.4, -0.2) is 53.7 Å². The van der Waals surface area contributed by atoms with E-state index < -0.39 is 59.8 Å². The van der Waals surface area contributed by atoms with Crippen molar-refractivity contribution >= 4 is 47.0 Å². The summed E-state index contributed by atoms with van der Waals surface area (Å²) in [6.45, 7) is -0.577. The van der Waals surface area contributed by atoms with E-state index in [0.717, 1.165) is 17.0 Å². The first-order valence-electron chi connectivity index (χ1n) is 10.2. The van der Waals surface area contributed by atoms with Gasteiger partial charge in [-0.25, -0.2) is 9.59 Å². The fraction of sp³-hybridized carbons (Fsp3) is 0.273. The Morgan fingerprint density at radius 3 is 2.23 bits per heavy atom. The summed E-state index contributed by atoms with van der Waals surface area (Å²) in [5.74, 6) is -4.21. The van der Waals surface area contributed by atoms with Crippen molar-refractivity contribution in [1.82, 2.24) is 4.90 Å². The van der Waals surface area contributed by atoms with Gasteiger partial charge in [0.1, 0.15) is 6.61 Å². The van der Waals surface area contributed by atoms with E-state index in [9.17, 15) is 37.5 Å². The molecular formula is C22H17ClF3N3O6. The summed E-state index contributed by atoms with van der Waals surface area (Å²) in [7, 11) is 0. The average Bonchev–Trinajstić information content (AvgIpc) is 3.22. The number of hydrogen-bond acceptors (Lipinski definition) is 5. The quantitative estimate of drug-likeness (QED) is 0.608. The number of urea groups is 1. The number of amides is 4. The van der Waals surface area contributed by atoms with E-state index in [1.54, 1.807) is 0 Å². The van der Waals surface area contributed by atoms with Gasteiger partial charge in [0.2, 0.25) is 5.91 Å². The van der Waals surface area contributed by atoms with E-state index in [2.05, 4.69) is 0 Å². The fourth-order valence-electron chi connectivity index (χ4n) is 3.84. The predicted octanol–water partition coefficient (Wildman–Crippen LogP) is 3.99. The van der Waals surface area contributed by atoms with E-state index in [4.69, 9.17) is 16.3 Å². The second-order valence-electron chi connectivity index (χ2n) is 7.77. The zero-order chi connectivity index (χ0) is 25.5. The van der Waals surface area contributed by atoms with Crippen molar-refractivity contribution < 1.29 is 42.2 Å². The second kappa shape index (κ2) is 9.10. The van der Waals surface area contributed by atoms with Gasteiger partial charge in [0.25, 0.3) is 0 Å². The van der Waals surface area contributed by atoms with Crippen LogP contribution in [0.25, 0.3) is 0 Å². The number of halogens is 4. The summed E-state index contributed by atoms with van der Waals surface area (Å²) >= 11 is 5.91. The summed E-state index contributed by atoms with van der Waals surface area (Å²) < 4.78 is 44.6. The monoisotopic (exact) mass is 511 g/mol. The highest BCUT2D eigenvalue weighted by atomic mass is 35.5. The van der Waals surface area contributed by atoms with Gasteiger partial charge in [-0.1, -0.05) is 23.7 Å². The molecule has 35 heavy (non-hydrogen) atoms. The Morgan fingerprint density at radius 1 is 1.06 bits per heavy atom. The van der Waals surface area contributed by atoms with Gasteiger partial charge < -0.3 is 9.84 Å². The fourth-order valence-corrected chi connectivity index (χ4v) is 4.14. The molecule has 4 amide bonds. The normalized spacial score (nSPS) is 18.8. The van der Waals surface area contributed by atoms with Crippen LogP contribution in [0.5, 0.6) is 0 Å². The molecular weight excluding hydrogens is 495 g/mol. The van der Waals surface area contributed by atoms with Crippen LogP contribution in [-0.2, 0) is 27.0 Å². The third-order valence-electron chi connectivity index (χ3n) is 5.64. The number of carboxylic acids is 1. The van der Waals surface area contributed by atoms with Crippen molar-refractivity contribution in [2.75, 3.05) is 29.5 Å². The van der Waals surface area contributed by atoms with Crippen molar-refractivity contribution in [3.05, 3.63) is 58.6 Å². The lowest BCUT2D eigenvalue weighted by molar-refractivity contribution is -0.150. The van der Waals surface area contributed by atoms with Gasteiger partial charge in [0.15, 0.2) is 5.92 Å². The highest BCUT2D eigenvalue weighted by molar-refractivity contribution is 6.32. The number of alkyl halides is 3. The number of ether oxygens (including phenoxy) is 1. The highest BCUT2D eigenvalue weighted by Gasteiger charge is 2.44. The number of cyclic esters (lactones) is 1. The van der Waals surface area contributed by atoms with E-state index in [0.29, 0.717) is 17.1 Å². The Labute approximate surface area is 201 Å². The number of carbonyl (C=O) groups excluding carboxylic acids is 3. The SMILES string of the molecule is O=C(O)C1CN(c2ccc(N3CCOC3=O)cc2)C(=O)N(Cc2cccc(C(F)(F)F)c2Cl)C1=O. The number of rotatable bonds is 5. The molecule has 1 N–H and O–H groups in total. The van der Waals surface area contributed by atoms with E-state index in [-0.39, 0.29) is 17.9 Å². The Hall–Kier alpha value is -3.80. The van der Waals surface area contributed by atoms with Crippen LogP contribution in [0.15, 0.2) is 42.5 Å². The Kier molecular flexibility index (Phi) is 6.32. The topological polar surface area (TPSA) is 107 Å². The molecule has 1 atom stereocenters. The molecule has 13 heteroatoms. The predicted molar refractivity (Wildman–Crippen MR) is 116 cm³/mol. The number of anilines is 2. The summed E-state index contributed by atoms with van der Waals surface area (Å²) in [4.78, 5) is 52.4. The number of hydrogen-bond donors (Lipinski definition) is 1. The van der Waals surface area contributed by atoms with Gasteiger partial charge in [-0.15, -0.1) is 0 Å². The molecule has 2 aliphatic heterocycles. The van der Waals surface area contributed by atoms with Gasteiger partial charge in [-0.05, 0) is 35.9 Å². The summed E-state index contributed by atoms with van der Waals surface area (Å²) in [5.41, 5.74) is -0.599. The third-order valence-corrected chi connectivity index (χ3v) is 6.08.